The van der Waals surface area contributed by atoms with E-state index in [0.717, 1.165) is 17.9 Å². The van der Waals surface area contributed by atoms with E-state index >= 15 is 0 Å². The van der Waals surface area contributed by atoms with Crippen LogP contribution in [0.3, 0.4) is 0 Å². The van der Waals surface area contributed by atoms with Crippen LogP contribution in [-0.4, -0.2) is 15.7 Å². The first kappa shape index (κ1) is 10.8. The summed E-state index contributed by atoms with van der Waals surface area (Å²) in [6, 6.07) is 0. The van der Waals surface area contributed by atoms with Crippen LogP contribution in [0, 0.1) is 0 Å². The van der Waals surface area contributed by atoms with Gasteiger partial charge in [-0.05, 0) is 47.4 Å². The second-order valence-electron chi connectivity index (χ2n) is 4.43. The van der Waals surface area contributed by atoms with Crippen molar-refractivity contribution in [3.63, 3.8) is 0 Å². The highest BCUT2D eigenvalue weighted by Crippen LogP contribution is 2.43. The average Bonchev–Trinajstić information content (AvgIpc) is 2.96. The van der Waals surface area contributed by atoms with Gasteiger partial charge in [-0.1, -0.05) is 0 Å². The van der Waals surface area contributed by atoms with E-state index < -0.39 is 0 Å². The normalized spacial score (nSPS) is 24.9. The minimum atomic E-state index is -0.0144. The number of rotatable bonds is 2. The predicted molar refractivity (Wildman–Crippen MR) is 69.0 cm³/mol. The van der Waals surface area contributed by atoms with Gasteiger partial charge in [-0.25, -0.2) is 4.98 Å². The fourth-order valence-electron chi connectivity index (χ4n) is 2.07. The Kier molecular flexibility index (Phi) is 2.83. The quantitative estimate of drug-likeness (QED) is 0.913. The van der Waals surface area contributed by atoms with E-state index in [2.05, 4.69) is 25.9 Å². The molecular formula is C11H13BrN2OS. The van der Waals surface area contributed by atoms with Crippen molar-refractivity contribution in [2.24, 2.45) is 0 Å². The molecule has 2 aliphatic rings. The summed E-state index contributed by atoms with van der Waals surface area (Å²) in [5.74, 6) is 2.59. The third kappa shape index (κ3) is 1.95. The maximum Gasteiger partial charge on any atom is 0.265 e. The maximum atomic E-state index is 11.8. The maximum absolute atomic E-state index is 11.8. The first-order valence-electron chi connectivity index (χ1n) is 5.67. The predicted octanol–water partition coefficient (Wildman–Crippen LogP) is 2.98. The topological polar surface area (TPSA) is 45.8 Å². The third-order valence-electron chi connectivity index (χ3n) is 3.11. The van der Waals surface area contributed by atoms with Gasteiger partial charge in [0.2, 0.25) is 0 Å². The highest BCUT2D eigenvalue weighted by Gasteiger charge is 2.30. The molecule has 1 aliphatic heterocycles. The van der Waals surface area contributed by atoms with E-state index in [1.54, 1.807) is 0 Å². The molecule has 3 rings (SSSR count). The molecule has 0 bridgehead atoms. The Morgan fingerprint density at radius 3 is 2.81 bits per heavy atom. The number of halogens is 1. The van der Waals surface area contributed by atoms with Crippen molar-refractivity contribution in [3.05, 3.63) is 26.3 Å². The molecule has 2 heterocycles. The molecule has 0 spiro atoms. The molecule has 1 saturated heterocycles. The number of nitrogens with zero attached hydrogens (tertiary/aromatic N) is 1. The van der Waals surface area contributed by atoms with Crippen molar-refractivity contribution >= 4 is 27.7 Å². The Labute approximate surface area is 107 Å². The first-order chi connectivity index (χ1) is 7.75. The number of H-pyrrole nitrogens is 1. The van der Waals surface area contributed by atoms with Gasteiger partial charge in [0.15, 0.2) is 0 Å². The fourth-order valence-corrected chi connectivity index (χ4v) is 3.80. The van der Waals surface area contributed by atoms with Crippen molar-refractivity contribution in [2.45, 2.75) is 36.9 Å². The molecule has 0 radical (unpaired) electrons. The largest absolute Gasteiger partial charge is 0.309 e. The summed E-state index contributed by atoms with van der Waals surface area (Å²) in [6.07, 6.45) is 4.71. The molecule has 3 nitrogen and oxygen atoms in total. The molecule has 5 heteroatoms. The van der Waals surface area contributed by atoms with E-state index in [4.69, 9.17) is 0 Å². The molecule has 0 amide bonds. The Morgan fingerprint density at radius 2 is 2.19 bits per heavy atom. The highest BCUT2D eigenvalue weighted by molar-refractivity contribution is 9.10. The molecule has 16 heavy (non-hydrogen) atoms. The van der Waals surface area contributed by atoms with Crippen LogP contribution >= 0.6 is 27.7 Å². The zero-order valence-corrected chi connectivity index (χ0v) is 11.2. The van der Waals surface area contributed by atoms with Crippen molar-refractivity contribution in [1.29, 1.82) is 0 Å². The van der Waals surface area contributed by atoms with Gasteiger partial charge in [0.05, 0.1) is 10.9 Å². The lowest BCUT2D eigenvalue weighted by Gasteiger charge is -2.10. The second-order valence-corrected chi connectivity index (χ2v) is 6.53. The summed E-state index contributed by atoms with van der Waals surface area (Å²) in [5, 5.41) is 0.401. The van der Waals surface area contributed by atoms with Crippen molar-refractivity contribution in [1.82, 2.24) is 9.97 Å². The second kappa shape index (κ2) is 4.18. The van der Waals surface area contributed by atoms with Crippen LogP contribution < -0.4 is 5.56 Å². The monoisotopic (exact) mass is 300 g/mol. The van der Waals surface area contributed by atoms with Crippen LogP contribution in [0.5, 0.6) is 0 Å². The molecule has 1 aromatic heterocycles. The number of nitrogens with one attached hydrogen (secondary N) is 1. The van der Waals surface area contributed by atoms with Crippen molar-refractivity contribution in [2.75, 3.05) is 5.75 Å². The summed E-state index contributed by atoms with van der Waals surface area (Å²) < 4.78 is 0.641. The summed E-state index contributed by atoms with van der Waals surface area (Å²) in [5.41, 5.74) is 0.964. The zero-order chi connectivity index (χ0) is 11.1. The summed E-state index contributed by atoms with van der Waals surface area (Å²) in [4.78, 5) is 19.4. The van der Waals surface area contributed by atoms with E-state index in [9.17, 15) is 4.79 Å². The van der Waals surface area contributed by atoms with E-state index in [1.807, 2.05) is 11.8 Å². The Bertz CT molecular complexity index is 464. The van der Waals surface area contributed by atoms with Crippen LogP contribution in [0.15, 0.2) is 9.27 Å². The average molecular weight is 301 g/mol. The molecule has 1 saturated carbocycles. The lowest BCUT2D eigenvalue weighted by atomic mass is 10.2. The van der Waals surface area contributed by atoms with Crippen LogP contribution in [0.1, 0.15) is 48.4 Å². The number of thioether (sulfide) groups is 1. The molecule has 1 atom stereocenters. The molecule has 1 N–H and O–H groups in total. The van der Waals surface area contributed by atoms with Gasteiger partial charge in [-0.2, -0.15) is 11.8 Å². The molecule has 1 aliphatic carbocycles. The van der Waals surface area contributed by atoms with Crippen LogP contribution in [0.2, 0.25) is 0 Å². The van der Waals surface area contributed by atoms with Crippen molar-refractivity contribution in [3.8, 4) is 0 Å². The summed E-state index contributed by atoms with van der Waals surface area (Å²) in [6.45, 7) is 0. The van der Waals surface area contributed by atoms with Gasteiger partial charge >= 0.3 is 0 Å². The minimum absolute atomic E-state index is 0.0144. The lowest BCUT2D eigenvalue weighted by Crippen LogP contribution is -2.16. The van der Waals surface area contributed by atoms with Gasteiger partial charge in [0, 0.05) is 5.92 Å². The van der Waals surface area contributed by atoms with E-state index in [0.29, 0.717) is 15.6 Å². The first-order valence-corrected chi connectivity index (χ1v) is 7.51. The fraction of sp³-hybridized carbons (Fsp3) is 0.636. The Hall–Kier alpha value is -0.290. The van der Waals surface area contributed by atoms with Crippen LogP contribution in [0.25, 0.3) is 0 Å². The molecule has 1 unspecified atom stereocenters. The molecule has 1 aromatic rings. The van der Waals surface area contributed by atoms with Crippen LogP contribution in [0.4, 0.5) is 0 Å². The SMILES string of the molecule is O=c1[nH]c(C2CCCS2)nc(C2CC2)c1Br. The summed E-state index contributed by atoms with van der Waals surface area (Å²) >= 11 is 5.25. The Morgan fingerprint density at radius 1 is 1.38 bits per heavy atom. The van der Waals surface area contributed by atoms with Gasteiger partial charge < -0.3 is 4.98 Å². The molecule has 0 aromatic carbocycles. The van der Waals surface area contributed by atoms with Gasteiger partial charge in [-0.3, -0.25) is 4.79 Å². The van der Waals surface area contributed by atoms with E-state index in [-0.39, 0.29) is 5.56 Å². The van der Waals surface area contributed by atoms with Crippen LogP contribution in [-0.2, 0) is 0 Å². The van der Waals surface area contributed by atoms with Gasteiger partial charge in [-0.15, -0.1) is 0 Å². The highest BCUT2D eigenvalue weighted by atomic mass is 79.9. The zero-order valence-electron chi connectivity index (χ0n) is 8.83. The Balaban J connectivity index is 2.02. The van der Waals surface area contributed by atoms with Crippen molar-refractivity contribution < 1.29 is 0 Å². The number of aromatic nitrogens is 2. The van der Waals surface area contributed by atoms with E-state index in [1.165, 1.54) is 25.0 Å². The molecule has 2 fully saturated rings. The van der Waals surface area contributed by atoms with Gasteiger partial charge in [0.25, 0.3) is 5.56 Å². The lowest BCUT2D eigenvalue weighted by molar-refractivity contribution is 0.755. The minimum Gasteiger partial charge on any atom is -0.309 e. The summed E-state index contributed by atoms with van der Waals surface area (Å²) in [7, 11) is 0. The standard InChI is InChI=1S/C11H13BrN2OS/c12-8-9(6-3-4-6)13-10(14-11(8)15)7-2-1-5-16-7/h6-7H,1-5H2,(H,13,14,15). The smallest absolute Gasteiger partial charge is 0.265 e. The number of hydrogen-bond acceptors (Lipinski definition) is 3. The third-order valence-corrected chi connectivity index (χ3v) is 5.26. The molecule has 86 valence electrons. The van der Waals surface area contributed by atoms with Gasteiger partial charge in [0.1, 0.15) is 10.3 Å². The molecular weight excluding hydrogens is 288 g/mol. The number of hydrogen-bond donors (Lipinski definition) is 1. The number of aromatic amines is 1.